The number of aromatic nitrogens is 1. The van der Waals surface area contributed by atoms with Crippen LogP contribution in [0.25, 0.3) is 0 Å². The van der Waals surface area contributed by atoms with Gasteiger partial charge in [-0.3, -0.25) is 0 Å². The summed E-state index contributed by atoms with van der Waals surface area (Å²) in [6, 6.07) is 0. The van der Waals surface area contributed by atoms with E-state index in [1.54, 1.807) is 0 Å². The molecule has 0 unspecified atom stereocenters. The van der Waals surface area contributed by atoms with E-state index in [4.69, 9.17) is 4.98 Å². The summed E-state index contributed by atoms with van der Waals surface area (Å²) in [5.41, 5.74) is 1.38. The van der Waals surface area contributed by atoms with Gasteiger partial charge in [0, 0.05) is 0 Å². The SMILES string of the molecule is CCCCCc1c[se]c(CCCCC)n1. The molecule has 2 heteroatoms. The number of aryl methyl sites for hydroxylation is 2. The molecule has 1 heterocycles. The summed E-state index contributed by atoms with van der Waals surface area (Å²) in [6.45, 7) is 4.52. The van der Waals surface area contributed by atoms with Gasteiger partial charge in [-0.1, -0.05) is 0 Å². The first kappa shape index (κ1) is 13.0. The molecular formula is C13H23NSe. The molecule has 0 N–H and O–H groups in total. The van der Waals surface area contributed by atoms with E-state index in [0.29, 0.717) is 14.5 Å². The van der Waals surface area contributed by atoms with Gasteiger partial charge in [-0.05, 0) is 0 Å². The van der Waals surface area contributed by atoms with Crippen LogP contribution < -0.4 is 0 Å². The van der Waals surface area contributed by atoms with E-state index in [0.717, 1.165) is 0 Å². The van der Waals surface area contributed by atoms with Crippen molar-refractivity contribution in [2.24, 2.45) is 0 Å². The van der Waals surface area contributed by atoms with Crippen LogP contribution in [0.3, 0.4) is 0 Å². The fourth-order valence-corrected chi connectivity index (χ4v) is 3.50. The van der Waals surface area contributed by atoms with Crippen molar-refractivity contribution >= 4 is 14.5 Å². The molecule has 0 radical (unpaired) electrons. The fraction of sp³-hybridized carbons (Fsp3) is 0.769. The third-order valence-corrected chi connectivity index (χ3v) is 4.64. The normalized spacial score (nSPS) is 10.8. The van der Waals surface area contributed by atoms with Crippen molar-refractivity contribution in [2.45, 2.75) is 65.2 Å². The molecule has 0 aliphatic heterocycles. The van der Waals surface area contributed by atoms with E-state index >= 15 is 0 Å². The van der Waals surface area contributed by atoms with Gasteiger partial charge >= 0.3 is 99.9 Å². The van der Waals surface area contributed by atoms with Crippen LogP contribution in [0.4, 0.5) is 0 Å². The zero-order valence-electron chi connectivity index (χ0n) is 10.1. The molecule has 1 rings (SSSR count). The second-order valence-corrected chi connectivity index (χ2v) is 6.12. The average molecular weight is 272 g/mol. The van der Waals surface area contributed by atoms with E-state index < -0.39 is 0 Å². The van der Waals surface area contributed by atoms with Gasteiger partial charge in [-0.2, -0.15) is 0 Å². The first-order valence-electron chi connectivity index (χ1n) is 6.30. The Kier molecular flexibility index (Phi) is 7.04. The number of rotatable bonds is 8. The average Bonchev–Trinajstić information content (AvgIpc) is 2.67. The number of nitrogens with zero attached hydrogens (tertiary/aromatic N) is 1. The Hall–Kier alpha value is -0.0705. The molecule has 1 nitrogen and oxygen atoms in total. The minimum atomic E-state index is 0.593. The van der Waals surface area contributed by atoms with Crippen LogP contribution in [0.1, 0.15) is 62.6 Å². The van der Waals surface area contributed by atoms with Gasteiger partial charge in [-0.25, -0.2) is 0 Å². The van der Waals surface area contributed by atoms with Crippen LogP contribution in [0.15, 0.2) is 4.94 Å². The predicted molar refractivity (Wildman–Crippen MR) is 67.6 cm³/mol. The number of unbranched alkanes of at least 4 members (excludes halogenated alkanes) is 4. The summed E-state index contributed by atoms with van der Waals surface area (Å²) in [5, 5.41) is 0. The molecule has 0 amide bonds. The molecule has 0 aliphatic rings. The van der Waals surface area contributed by atoms with Crippen LogP contribution in [-0.4, -0.2) is 19.5 Å². The predicted octanol–water partition coefficient (Wildman–Crippen LogP) is 3.60. The molecule has 0 spiro atoms. The summed E-state index contributed by atoms with van der Waals surface area (Å²) in [6.07, 6.45) is 10.5. The van der Waals surface area contributed by atoms with Crippen LogP contribution >= 0.6 is 0 Å². The van der Waals surface area contributed by atoms with Gasteiger partial charge in [0.1, 0.15) is 0 Å². The second-order valence-electron chi connectivity index (χ2n) is 4.15. The first-order chi connectivity index (χ1) is 7.36. The van der Waals surface area contributed by atoms with Crippen molar-refractivity contribution in [3.63, 3.8) is 0 Å². The van der Waals surface area contributed by atoms with E-state index in [9.17, 15) is 0 Å². The van der Waals surface area contributed by atoms with Crippen molar-refractivity contribution < 1.29 is 0 Å². The van der Waals surface area contributed by atoms with Crippen molar-refractivity contribution in [3.8, 4) is 0 Å². The van der Waals surface area contributed by atoms with Crippen LogP contribution in [0, 0.1) is 0 Å². The maximum atomic E-state index is 4.74. The molecule has 0 bridgehead atoms. The second kappa shape index (κ2) is 8.12. The van der Waals surface area contributed by atoms with E-state index in [1.807, 2.05) is 0 Å². The molecule has 1 aromatic rings. The van der Waals surface area contributed by atoms with E-state index in [1.165, 1.54) is 61.6 Å². The zero-order valence-corrected chi connectivity index (χ0v) is 11.8. The van der Waals surface area contributed by atoms with Crippen LogP contribution in [0.5, 0.6) is 0 Å². The van der Waals surface area contributed by atoms with Gasteiger partial charge in [0.05, 0.1) is 0 Å². The summed E-state index contributed by atoms with van der Waals surface area (Å²) in [4.78, 5) is 7.13. The topological polar surface area (TPSA) is 12.9 Å². The van der Waals surface area contributed by atoms with Crippen molar-refractivity contribution in [2.75, 3.05) is 0 Å². The Morgan fingerprint density at radius 3 is 2.33 bits per heavy atom. The van der Waals surface area contributed by atoms with E-state index in [-0.39, 0.29) is 0 Å². The molecule has 15 heavy (non-hydrogen) atoms. The van der Waals surface area contributed by atoms with Crippen molar-refractivity contribution in [1.82, 2.24) is 4.98 Å². The monoisotopic (exact) mass is 273 g/mol. The third kappa shape index (κ3) is 5.53. The summed E-state index contributed by atoms with van der Waals surface area (Å²) in [5.74, 6) is 0. The summed E-state index contributed by atoms with van der Waals surface area (Å²) < 4.78 is 1.49. The number of hydrogen-bond donors (Lipinski definition) is 0. The minimum absolute atomic E-state index is 0.593. The molecule has 86 valence electrons. The van der Waals surface area contributed by atoms with Gasteiger partial charge in [0.2, 0.25) is 0 Å². The zero-order chi connectivity index (χ0) is 10.9. The third-order valence-electron chi connectivity index (χ3n) is 2.63. The quantitative estimate of drug-likeness (QED) is 0.520. The Morgan fingerprint density at radius 2 is 1.67 bits per heavy atom. The van der Waals surface area contributed by atoms with Gasteiger partial charge in [0.15, 0.2) is 0 Å². The van der Waals surface area contributed by atoms with Gasteiger partial charge in [0.25, 0.3) is 0 Å². The Bertz CT molecular complexity index is 230. The summed E-state index contributed by atoms with van der Waals surface area (Å²) in [7, 11) is 0. The van der Waals surface area contributed by atoms with Crippen molar-refractivity contribution in [1.29, 1.82) is 0 Å². The Balaban J connectivity index is 2.23. The van der Waals surface area contributed by atoms with E-state index in [2.05, 4.69) is 18.8 Å². The fourth-order valence-electron chi connectivity index (χ4n) is 1.66. The van der Waals surface area contributed by atoms with Crippen molar-refractivity contribution in [3.05, 3.63) is 15.2 Å². The first-order valence-corrected chi connectivity index (χ1v) is 8.14. The molecular weight excluding hydrogens is 249 g/mol. The number of hydrogen-bond acceptors (Lipinski definition) is 1. The molecule has 0 saturated heterocycles. The molecule has 0 saturated carbocycles. The molecule has 0 fully saturated rings. The van der Waals surface area contributed by atoms with Gasteiger partial charge < -0.3 is 0 Å². The maximum absolute atomic E-state index is 4.74. The molecule has 0 aromatic carbocycles. The standard InChI is InChI=1S/C13H23NSe/c1-3-5-7-9-12-11-15-13(14-12)10-8-6-4-2/h11H,3-10H2,1-2H3. The Labute approximate surface area is 100 Å². The molecule has 0 atom stereocenters. The molecule has 1 aromatic heterocycles. The van der Waals surface area contributed by atoms with Crippen LogP contribution in [-0.2, 0) is 12.8 Å². The van der Waals surface area contributed by atoms with Gasteiger partial charge in [-0.15, -0.1) is 0 Å². The van der Waals surface area contributed by atoms with Crippen LogP contribution in [0.2, 0.25) is 0 Å². The summed E-state index contributed by atoms with van der Waals surface area (Å²) >= 11 is 0.593. The Morgan fingerprint density at radius 1 is 1.00 bits per heavy atom. The molecule has 0 aliphatic carbocycles.